The van der Waals surface area contributed by atoms with Gasteiger partial charge in [0, 0.05) is 17.4 Å². The number of hydrogen-bond donors (Lipinski definition) is 2. The van der Waals surface area contributed by atoms with Crippen LogP contribution in [0.15, 0.2) is 48.5 Å². The molecule has 1 saturated carbocycles. The van der Waals surface area contributed by atoms with Crippen LogP contribution in [0, 0.1) is 0 Å². The minimum atomic E-state index is -0.148. The first-order valence-corrected chi connectivity index (χ1v) is 13.0. The molecule has 6 heteroatoms. The van der Waals surface area contributed by atoms with Crippen molar-refractivity contribution in [1.29, 1.82) is 0 Å². The minimum Gasteiger partial charge on any atom is -0.484 e. The molecule has 2 aromatic carbocycles. The molecule has 4 rings (SSSR count). The van der Waals surface area contributed by atoms with Gasteiger partial charge in [-0.05, 0) is 72.7 Å². The summed E-state index contributed by atoms with van der Waals surface area (Å²) in [4.78, 5) is 12.2. The zero-order chi connectivity index (χ0) is 20.6. The van der Waals surface area contributed by atoms with Gasteiger partial charge < -0.3 is 15.4 Å². The van der Waals surface area contributed by atoms with Crippen molar-refractivity contribution >= 4 is 40.8 Å². The van der Waals surface area contributed by atoms with E-state index in [0.717, 1.165) is 17.1 Å². The van der Waals surface area contributed by atoms with E-state index in [9.17, 15) is 4.79 Å². The minimum absolute atomic E-state index is 0.00828. The maximum Gasteiger partial charge on any atom is 0.262 e. The molecule has 0 radical (unpaired) electrons. The summed E-state index contributed by atoms with van der Waals surface area (Å²) in [5.41, 5.74) is 3.23. The highest BCUT2D eigenvalue weighted by Gasteiger charge is 2.16. The lowest BCUT2D eigenvalue weighted by Gasteiger charge is -2.23. The maximum absolute atomic E-state index is 12.2. The number of amides is 1. The van der Waals surface area contributed by atoms with E-state index in [1.54, 1.807) is 0 Å². The van der Waals surface area contributed by atoms with Gasteiger partial charge in [0.05, 0.1) is 4.58 Å². The number of carbonyl (C=O) groups excluding carboxylic acids is 1. The summed E-state index contributed by atoms with van der Waals surface area (Å²) in [5.74, 6) is 3.04. The van der Waals surface area contributed by atoms with Gasteiger partial charge in [0.1, 0.15) is 5.75 Å². The highest BCUT2D eigenvalue weighted by molar-refractivity contribution is 8.16. The van der Waals surface area contributed by atoms with Crippen LogP contribution in [-0.4, -0.2) is 30.1 Å². The van der Waals surface area contributed by atoms with Gasteiger partial charge in [0.15, 0.2) is 6.61 Å². The molecule has 1 saturated heterocycles. The van der Waals surface area contributed by atoms with Crippen LogP contribution in [0.25, 0.3) is 0 Å². The third kappa shape index (κ3) is 6.35. The second kappa shape index (κ2) is 11.0. The van der Waals surface area contributed by atoms with Crippen molar-refractivity contribution in [2.45, 2.75) is 49.1 Å². The maximum atomic E-state index is 12.2. The summed E-state index contributed by atoms with van der Waals surface area (Å²) < 4.78 is 6.19. The molecule has 2 fully saturated rings. The Morgan fingerprint density at radius 2 is 1.53 bits per heavy atom. The molecule has 160 valence electrons. The first kappa shape index (κ1) is 21.4. The number of thioether (sulfide) groups is 2. The number of anilines is 2. The molecule has 4 nitrogen and oxygen atoms in total. The lowest BCUT2D eigenvalue weighted by atomic mass is 9.95. The molecule has 2 aromatic rings. The second-order valence-corrected chi connectivity index (χ2v) is 10.6. The monoisotopic (exact) mass is 442 g/mol. The second-order valence-electron chi connectivity index (χ2n) is 7.89. The molecule has 0 unspecified atom stereocenters. The van der Waals surface area contributed by atoms with Crippen molar-refractivity contribution in [1.82, 2.24) is 0 Å². The highest BCUT2D eigenvalue weighted by atomic mass is 32.2. The lowest BCUT2D eigenvalue weighted by Crippen LogP contribution is -2.22. The van der Waals surface area contributed by atoms with E-state index in [1.807, 2.05) is 59.9 Å². The Kier molecular flexibility index (Phi) is 7.87. The smallest absolute Gasteiger partial charge is 0.262 e. The number of carbonyl (C=O) groups is 1. The lowest BCUT2D eigenvalue weighted by molar-refractivity contribution is -0.118. The molecule has 0 spiro atoms. The van der Waals surface area contributed by atoms with Crippen LogP contribution in [-0.2, 0) is 4.79 Å². The number of hydrogen-bond acceptors (Lipinski definition) is 5. The van der Waals surface area contributed by atoms with E-state index in [0.29, 0.717) is 10.6 Å². The van der Waals surface area contributed by atoms with Gasteiger partial charge in [-0.15, -0.1) is 23.5 Å². The van der Waals surface area contributed by atoms with E-state index in [4.69, 9.17) is 4.74 Å². The predicted molar refractivity (Wildman–Crippen MR) is 130 cm³/mol. The third-order valence-corrected chi connectivity index (χ3v) is 8.51. The Bertz CT molecular complexity index is 799. The van der Waals surface area contributed by atoms with E-state index >= 15 is 0 Å². The van der Waals surface area contributed by atoms with Crippen LogP contribution in [0.5, 0.6) is 5.75 Å². The summed E-state index contributed by atoms with van der Waals surface area (Å²) in [6, 6.07) is 16.7. The first-order chi connectivity index (χ1) is 14.8. The Morgan fingerprint density at radius 1 is 0.867 bits per heavy atom. The fraction of sp³-hybridized carbons (Fsp3) is 0.458. The fourth-order valence-corrected chi connectivity index (χ4v) is 6.77. The summed E-state index contributed by atoms with van der Waals surface area (Å²) in [5, 5.41) is 6.50. The molecule has 0 bridgehead atoms. The van der Waals surface area contributed by atoms with Crippen molar-refractivity contribution in [3.8, 4) is 5.75 Å². The standard InChI is InChI=1S/C24H30N2O2S2/c27-23(17-28-22-13-7-18(8-14-22)24-29-15-4-16-30-24)26-21-11-9-20(10-12-21)25-19-5-2-1-3-6-19/h7-14,19,24-25H,1-6,15-17H2,(H,26,27). The Morgan fingerprint density at radius 3 is 2.23 bits per heavy atom. The van der Waals surface area contributed by atoms with Gasteiger partial charge in [-0.25, -0.2) is 0 Å². The van der Waals surface area contributed by atoms with Crippen molar-refractivity contribution in [3.63, 3.8) is 0 Å². The first-order valence-electron chi connectivity index (χ1n) is 10.9. The molecule has 1 amide bonds. The average Bonchev–Trinajstić information content (AvgIpc) is 2.81. The van der Waals surface area contributed by atoms with Crippen molar-refractivity contribution in [2.75, 3.05) is 28.7 Å². The number of nitrogens with one attached hydrogen (secondary N) is 2. The fourth-order valence-electron chi connectivity index (χ4n) is 3.88. The molecule has 1 heterocycles. The summed E-state index contributed by atoms with van der Waals surface area (Å²) >= 11 is 4.01. The Labute approximate surface area is 187 Å². The third-order valence-electron chi connectivity index (χ3n) is 5.49. The van der Waals surface area contributed by atoms with Crippen molar-refractivity contribution in [3.05, 3.63) is 54.1 Å². The van der Waals surface area contributed by atoms with E-state index in [1.165, 1.54) is 55.6 Å². The van der Waals surface area contributed by atoms with Crippen molar-refractivity contribution < 1.29 is 9.53 Å². The number of ether oxygens (including phenoxy) is 1. The molecule has 1 aliphatic carbocycles. The molecule has 0 atom stereocenters. The van der Waals surface area contributed by atoms with Gasteiger partial charge in [0.25, 0.3) is 5.91 Å². The summed E-state index contributed by atoms with van der Waals surface area (Å²) in [6.45, 7) is 0.00828. The molecule has 2 aliphatic rings. The summed E-state index contributed by atoms with van der Waals surface area (Å²) in [7, 11) is 0. The van der Waals surface area contributed by atoms with Gasteiger partial charge in [-0.3, -0.25) is 4.79 Å². The SMILES string of the molecule is O=C(COc1ccc(C2SCCCS2)cc1)Nc1ccc(NC2CCCCC2)cc1. The van der Waals surface area contributed by atoms with Crippen molar-refractivity contribution in [2.24, 2.45) is 0 Å². The topological polar surface area (TPSA) is 50.4 Å². The number of rotatable bonds is 7. The zero-order valence-corrected chi connectivity index (χ0v) is 18.9. The van der Waals surface area contributed by atoms with E-state index < -0.39 is 0 Å². The van der Waals surface area contributed by atoms with Crippen LogP contribution >= 0.6 is 23.5 Å². The molecular weight excluding hydrogens is 412 g/mol. The van der Waals surface area contributed by atoms with Crippen LogP contribution in [0.3, 0.4) is 0 Å². The van der Waals surface area contributed by atoms with Crippen LogP contribution in [0.1, 0.15) is 48.7 Å². The van der Waals surface area contributed by atoms with Gasteiger partial charge >= 0.3 is 0 Å². The highest BCUT2D eigenvalue weighted by Crippen LogP contribution is 2.43. The quantitative estimate of drug-likeness (QED) is 0.526. The molecular formula is C24H30N2O2S2. The molecule has 1 aliphatic heterocycles. The van der Waals surface area contributed by atoms with Crippen LogP contribution < -0.4 is 15.4 Å². The zero-order valence-electron chi connectivity index (χ0n) is 17.3. The van der Waals surface area contributed by atoms with Gasteiger partial charge in [-0.2, -0.15) is 0 Å². The molecule has 0 aromatic heterocycles. The molecule has 2 N–H and O–H groups in total. The van der Waals surface area contributed by atoms with E-state index in [2.05, 4.69) is 22.8 Å². The number of benzene rings is 2. The predicted octanol–water partition coefficient (Wildman–Crippen LogP) is 6.32. The normalized spacial score (nSPS) is 18.0. The van der Waals surface area contributed by atoms with Crippen LogP contribution in [0.2, 0.25) is 0 Å². The van der Waals surface area contributed by atoms with E-state index in [-0.39, 0.29) is 12.5 Å². The largest absolute Gasteiger partial charge is 0.484 e. The van der Waals surface area contributed by atoms with Gasteiger partial charge in [0.2, 0.25) is 0 Å². The Balaban J connectivity index is 1.21. The molecule has 30 heavy (non-hydrogen) atoms. The van der Waals surface area contributed by atoms with Crippen LogP contribution in [0.4, 0.5) is 11.4 Å². The Hall–Kier alpha value is -1.79. The van der Waals surface area contributed by atoms with Gasteiger partial charge in [-0.1, -0.05) is 31.4 Å². The summed E-state index contributed by atoms with van der Waals surface area (Å²) in [6.07, 6.45) is 7.76. The average molecular weight is 443 g/mol.